The number of allylic oxidation sites excluding steroid dienone is 8. The number of halogens is 2. The molecule has 0 saturated heterocycles. The van der Waals surface area contributed by atoms with Gasteiger partial charge < -0.3 is 0 Å². The summed E-state index contributed by atoms with van der Waals surface area (Å²) in [4.78, 5) is 0. The molecule has 0 spiro atoms. The minimum Gasteiger partial charge on any atom is -0.269 e. The fourth-order valence-electron chi connectivity index (χ4n) is 2.90. The zero-order valence-electron chi connectivity index (χ0n) is 20.5. The second-order valence-corrected chi connectivity index (χ2v) is 10.0. The van der Waals surface area contributed by atoms with Gasteiger partial charge in [0.25, 0.3) is 0 Å². The molecule has 0 saturated carbocycles. The Kier molecular flexibility index (Phi) is 19.3. The van der Waals surface area contributed by atoms with Crippen LogP contribution in [0.5, 0.6) is 0 Å². The molecule has 171 valence electrons. The summed E-state index contributed by atoms with van der Waals surface area (Å²) in [7, 11) is 0. The van der Waals surface area contributed by atoms with E-state index in [2.05, 4.69) is 97.9 Å². The van der Waals surface area contributed by atoms with Gasteiger partial charge in [-0.2, -0.15) is 36.3 Å². The molecule has 1 aromatic rings. The molecule has 0 amide bonds. The molecule has 31 heavy (non-hydrogen) atoms. The quantitative estimate of drug-likeness (QED) is 0.329. The third-order valence-corrected chi connectivity index (χ3v) is 4.23. The van der Waals surface area contributed by atoms with E-state index in [0.29, 0.717) is 10.8 Å². The molecule has 2 aliphatic rings. The summed E-state index contributed by atoms with van der Waals surface area (Å²) in [5, 5.41) is 0. The number of rotatable bonds is 2. The topological polar surface area (TPSA) is 0 Å². The minimum atomic E-state index is 0. The maximum absolute atomic E-state index is 3.82. The summed E-state index contributed by atoms with van der Waals surface area (Å²) < 4.78 is 0. The summed E-state index contributed by atoms with van der Waals surface area (Å²) in [5.41, 5.74) is 5.97. The van der Waals surface area contributed by atoms with Gasteiger partial charge in [0, 0.05) is 0 Å². The summed E-state index contributed by atoms with van der Waals surface area (Å²) in [6.07, 6.45) is 19.7. The maximum Gasteiger partial charge on any atom is 3.00 e. The van der Waals surface area contributed by atoms with Gasteiger partial charge in [-0.25, -0.2) is 23.3 Å². The van der Waals surface area contributed by atoms with Crippen LogP contribution in [0.3, 0.4) is 0 Å². The largest absolute Gasteiger partial charge is 3.00 e. The van der Waals surface area contributed by atoms with E-state index in [0.717, 1.165) is 31.2 Å². The van der Waals surface area contributed by atoms with Crippen LogP contribution in [0.25, 0.3) is 0 Å². The SMILES string of the molecule is CC(C)(C)CC1=[C-]CC=C1.CC(C)(C)CC1=[C-]CC=C1.Cl.Cl.[CH2-]c1ccccc1C.[Zr+3]. The van der Waals surface area contributed by atoms with Crippen molar-refractivity contribution in [3.63, 3.8) is 0 Å². The summed E-state index contributed by atoms with van der Waals surface area (Å²) in [6, 6.07) is 8.08. The summed E-state index contributed by atoms with van der Waals surface area (Å²) >= 11 is 0. The van der Waals surface area contributed by atoms with Crippen LogP contribution >= 0.6 is 24.8 Å². The molecule has 0 unspecified atom stereocenters. The van der Waals surface area contributed by atoms with Gasteiger partial charge in [0.2, 0.25) is 0 Å². The van der Waals surface area contributed by atoms with Crippen LogP contribution in [0, 0.1) is 36.8 Å². The number of benzene rings is 1. The molecule has 0 atom stereocenters. The molecule has 0 nitrogen and oxygen atoms in total. The average Bonchev–Trinajstić information content (AvgIpc) is 3.22. The molecule has 3 rings (SSSR count). The number of hydrogen-bond acceptors (Lipinski definition) is 0. The van der Waals surface area contributed by atoms with E-state index in [9.17, 15) is 0 Å². The van der Waals surface area contributed by atoms with Crippen LogP contribution in [0.1, 0.15) is 78.4 Å². The summed E-state index contributed by atoms with van der Waals surface area (Å²) in [5.74, 6) is 0. The van der Waals surface area contributed by atoms with Crippen molar-refractivity contribution in [3.8, 4) is 0 Å². The molecule has 2 aliphatic carbocycles. The Bertz CT molecular complexity index is 663. The zero-order chi connectivity index (χ0) is 21.2. The fourth-order valence-corrected chi connectivity index (χ4v) is 2.90. The van der Waals surface area contributed by atoms with Crippen LogP contribution in [-0.2, 0) is 26.2 Å². The average molecular weight is 540 g/mol. The van der Waals surface area contributed by atoms with Crippen molar-refractivity contribution in [2.24, 2.45) is 10.8 Å². The van der Waals surface area contributed by atoms with E-state index in [1.165, 1.54) is 16.7 Å². The molecule has 0 aromatic heterocycles. The molecule has 0 heterocycles. The Labute approximate surface area is 224 Å². The van der Waals surface area contributed by atoms with Crippen LogP contribution in [0.2, 0.25) is 0 Å². The minimum absolute atomic E-state index is 0. The predicted octanol–water partition coefficient (Wildman–Crippen LogP) is 9.24. The maximum atomic E-state index is 3.82. The van der Waals surface area contributed by atoms with Gasteiger partial charge in [0.1, 0.15) is 0 Å². The molecule has 0 N–H and O–H groups in total. The van der Waals surface area contributed by atoms with Gasteiger partial charge in [0.15, 0.2) is 0 Å². The number of hydrogen-bond donors (Lipinski definition) is 0. The van der Waals surface area contributed by atoms with Crippen molar-refractivity contribution in [3.05, 3.63) is 89.9 Å². The van der Waals surface area contributed by atoms with E-state index >= 15 is 0 Å². The van der Waals surface area contributed by atoms with Crippen molar-refractivity contribution in [1.29, 1.82) is 0 Å². The zero-order valence-corrected chi connectivity index (χ0v) is 24.6. The Morgan fingerprint density at radius 2 is 1.16 bits per heavy atom. The van der Waals surface area contributed by atoms with Crippen LogP contribution < -0.4 is 0 Å². The van der Waals surface area contributed by atoms with Gasteiger partial charge in [-0.1, -0.05) is 67.4 Å². The molecular formula is C28H41Cl2Zr. The van der Waals surface area contributed by atoms with Crippen LogP contribution in [0.4, 0.5) is 0 Å². The van der Waals surface area contributed by atoms with E-state index in [1.54, 1.807) is 0 Å². The van der Waals surface area contributed by atoms with Crippen molar-refractivity contribution >= 4 is 24.8 Å². The molecule has 1 aromatic carbocycles. The molecule has 1 radical (unpaired) electrons. The molecule has 0 aliphatic heterocycles. The Hall–Kier alpha value is -0.487. The van der Waals surface area contributed by atoms with Crippen molar-refractivity contribution in [2.45, 2.75) is 74.1 Å². The molecule has 3 heteroatoms. The van der Waals surface area contributed by atoms with Crippen molar-refractivity contribution in [1.82, 2.24) is 0 Å². The van der Waals surface area contributed by atoms with Gasteiger partial charge in [-0.3, -0.25) is 12.2 Å². The van der Waals surface area contributed by atoms with Gasteiger partial charge in [0.05, 0.1) is 0 Å². The molecule has 0 bridgehead atoms. The molecular weight excluding hydrogens is 498 g/mol. The van der Waals surface area contributed by atoms with Gasteiger partial charge in [-0.15, -0.1) is 49.8 Å². The normalized spacial score (nSPS) is 13.8. The first-order valence-corrected chi connectivity index (χ1v) is 10.4. The Balaban J connectivity index is -0.000000364. The van der Waals surface area contributed by atoms with Crippen LogP contribution in [-0.4, -0.2) is 0 Å². The van der Waals surface area contributed by atoms with E-state index < -0.39 is 0 Å². The van der Waals surface area contributed by atoms with Crippen LogP contribution in [0.15, 0.2) is 59.7 Å². The predicted molar refractivity (Wildman–Crippen MR) is 139 cm³/mol. The van der Waals surface area contributed by atoms with E-state index in [-0.39, 0.29) is 51.0 Å². The Morgan fingerprint density at radius 1 is 0.774 bits per heavy atom. The van der Waals surface area contributed by atoms with E-state index in [4.69, 9.17) is 0 Å². The number of aryl methyl sites for hydroxylation is 1. The first-order valence-electron chi connectivity index (χ1n) is 10.4. The second kappa shape index (κ2) is 17.1. The third-order valence-electron chi connectivity index (χ3n) is 4.23. The monoisotopic (exact) mass is 537 g/mol. The second-order valence-electron chi connectivity index (χ2n) is 10.0. The fraction of sp³-hybridized carbons (Fsp3) is 0.464. The molecule has 0 fully saturated rings. The summed E-state index contributed by atoms with van der Waals surface area (Å²) in [6.45, 7) is 19.4. The standard InChI is InChI=1S/2C10H15.C8H9.2ClH.Zr/c2*1-10(2,3)8-9-6-4-5-7-9;1-7-5-3-4-6-8(7)2;;;/h2*4,6H,5,8H2,1-3H3;3-6H,1H2,2H3;2*1H;/q3*-1;;;+3. The first kappa shape index (κ1) is 35.1. The van der Waals surface area contributed by atoms with Crippen molar-refractivity contribution < 1.29 is 26.2 Å². The first-order chi connectivity index (χ1) is 13.0. The Morgan fingerprint density at radius 3 is 1.39 bits per heavy atom. The van der Waals surface area contributed by atoms with E-state index in [1.807, 2.05) is 18.2 Å². The smallest absolute Gasteiger partial charge is 0.269 e. The third kappa shape index (κ3) is 18.8. The van der Waals surface area contributed by atoms with Gasteiger partial charge in [-0.05, 0) is 10.8 Å². The van der Waals surface area contributed by atoms with Crippen molar-refractivity contribution in [2.75, 3.05) is 0 Å². The van der Waals surface area contributed by atoms with Gasteiger partial charge >= 0.3 is 26.2 Å².